The predicted molar refractivity (Wildman–Crippen MR) is 116 cm³/mol. The Morgan fingerprint density at radius 1 is 1.11 bits per heavy atom. The number of piperidine rings is 1. The van der Waals surface area contributed by atoms with Crippen molar-refractivity contribution in [1.29, 1.82) is 0 Å². The number of amides is 1. The molecular weight excluding hydrogens is 487 g/mol. The highest BCUT2D eigenvalue weighted by Crippen LogP contribution is 2.27. The summed E-state index contributed by atoms with van der Waals surface area (Å²) in [6, 6.07) is 12.2. The highest BCUT2D eigenvalue weighted by molar-refractivity contribution is 9.10. The van der Waals surface area contributed by atoms with Gasteiger partial charge in [-0.25, -0.2) is 12.7 Å². The van der Waals surface area contributed by atoms with Crippen LogP contribution in [0.15, 0.2) is 46.9 Å². The Balaban J connectivity index is 1.58. The average Bonchev–Trinajstić information content (AvgIpc) is 2.66. The molecule has 5 nitrogen and oxygen atoms in total. The predicted octanol–water partition coefficient (Wildman–Crippen LogP) is 4.94. The molecule has 0 aliphatic carbocycles. The van der Waals surface area contributed by atoms with Crippen LogP contribution in [0.2, 0.25) is 10.0 Å². The fraction of sp³-hybridized carbons (Fsp3) is 0.316. The first-order chi connectivity index (χ1) is 13.3. The van der Waals surface area contributed by atoms with Crippen molar-refractivity contribution >= 4 is 60.7 Å². The van der Waals surface area contributed by atoms with E-state index >= 15 is 0 Å². The van der Waals surface area contributed by atoms with Crippen LogP contribution in [0.25, 0.3) is 0 Å². The molecule has 1 aliphatic heterocycles. The number of hydrogen-bond acceptors (Lipinski definition) is 3. The topological polar surface area (TPSA) is 66.5 Å². The summed E-state index contributed by atoms with van der Waals surface area (Å²) >= 11 is 15.3. The number of halogens is 3. The van der Waals surface area contributed by atoms with Crippen LogP contribution < -0.4 is 5.32 Å². The molecule has 1 fully saturated rings. The quantitative estimate of drug-likeness (QED) is 0.626. The molecule has 2 aromatic carbocycles. The van der Waals surface area contributed by atoms with Gasteiger partial charge in [0.1, 0.15) is 0 Å². The van der Waals surface area contributed by atoms with E-state index in [0.717, 1.165) is 4.47 Å². The molecule has 1 heterocycles. The minimum atomic E-state index is -3.49. The van der Waals surface area contributed by atoms with Gasteiger partial charge in [-0.3, -0.25) is 4.79 Å². The van der Waals surface area contributed by atoms with Gasteiger partial charge in [-0.2, -0.15) is 0 Å². The second kappa shape index (κ2) is 9.13. The Hall–Kier alpha value is -1.12. The summed E-state index contributed by atoms with van der Waals surface area (Å²) in [5.74, 6) is -0.450. The van der Waals surface area contributed by atoms with Gasteiger partial charge < -0.3 is 5.32 Å². The summed E-state index contributed by atoms with van der Waals surface area (Å²) < 4.78 is 27.7. The van der Waals surface area contributed by atoms with Gasteiger partial charge in [0.2, 0.25) is 15.9 Å². The SMILES string of the molecule is O=C(Nc1ccccc1Br)C1CCN(S(=O)(=O)Cc2ccc(Cl)c(Cl)c2)CC1. The van der Waals surface area contributed by atoms with E-state index in [1.54, 1.807) is 18.2 Å². The number of benzene rings is 2. The second-order valence-electron chi connectivity index (χ2n) is 6.65. The van der Waals surface area contributed by atoms with Gasteiger partial charge in [0, 0.05) is 23.5 Å². The Morgan fingerprint density at radius 3 is 2.43 bits per heavy atom. The Bertz CT molecular complexity index is 977. The molecule has 0 radical (unpaired) electrons. The molecule has 1 aliphatic rings. The number of nitrogens with one attached hydrogen (secondary N) is 1. The van der Waals surface area contributed by atoms with Crippen molar-refractivity contribution in [2.45, 2.75) is 18.6 Å². The summed E-state index contributed by atoms with van der Waals surface area (Å²) in [6.45, 7) is 0.634. The molecule has 1 saturated heterocycles. The zero-order chi connectivity index (χ0) is 20.3. The number of anilines is 1. The number of sulfonamides is 1. The molecule has 0 aromatic heterocycles. The first-order valence-corrected chi connectivity index (χ1v) is 11.9. The molecule has 2 aromatic rings. The maximum atomic E-state index is 12.7. The third-order valence-corrected chi connectivity index (χ3v) is 7.96. The van der Waals surface area contributed by atoms with E-state index in [9.17, 15) is 13.2 Å². The first-order valence-electron chi connectivity index (χ1n) is 8.73. The normalized spacial score (nSPS) is 16.1. The Morgan fingerprint density at radius 2 is 1.79 bits per heavy atom. The molecule has 0 unspecified atom stereocenters. The van der Waals surface area contributed by atoms with Crippen molar-refractivity contribution in [3.63, 3.8) is 0 Å². The molecule has 0 bridgehead atoms. The van der Waals surface area contributed by atoms with Crippen LogP contribution in [0, 0.1) is 5.92 Å². The van der Waals surface area contributed by atoms with Crippen molar-refractivity contribution in [2.75, 3.05) is 18.4 Å². The zero-order valence-corrected chi connectivity index (χ0v) is 18.8. The maximum Gasteiger partial charge on any atom is 0.227 e. The number of para-hydroxylation sites is 1. The molecule has 3 rings (SSSR count). The Kier molecular flexibility index (Phi) is 7.04. The third-order valence-electron chi connectivity index (χ3n) is 4.68. The van der Waals surface area contributed by atoms with Crippen molar-refractivity contribution in [1.82, 2.24) is 4.31 Å². The number of carbonyl (C=O) groups is 1. The fourth-order valence-corrected chi connectivity index (χ4v) is 5.38. The first kappa shape index (κ1) is 21.6. The van der Waals surface area contributed by atoms with Crippen LogP contribution in [0.5, 0.6) is 0 Å². The third kappa shape index (κ3) is 5.27. The fourth-order valence-electron chi connectivity index (χ4n) is 3.12. The molecule has 0 spiro atoms. The van der Waals surface area contributed by atoms with Gasteiger partial charge in [0.25, 0.3) is 0 Å². The molecule has 150 valence electrons. The lowest BCUT2D eigenvalue weighted by atomic mass is 9.97. The van der Waals surface area contributed by atoms with E-state index in [0.29, 0.717) is 47.2 Å². The largest absolute Gasteiger partial charge is 0.325 e. The van der Waals surface area contributed by atoms with Crippen molar-refractivity contribution in [3.05, 3.63) is 62.5 Å². The van der Waals surface area contributed by atoms with Crippen LogP contribution in [0.1, 0.15) is 18.4 Å². The second-order valence-corrected chi connectivity index (χ2v) is 10.3. The van der Waals surface area contributed by atoms with Crippen LogP contribution in [-0.4, -0.2) is 31.7 Å². The van der Waals surface area contributed by atoms with Gasteiger partial charge in [0.05, 0.1) is 21.5 Å². The lowest BCUT2D eigenvalue weighted by Crippen LogP contribution is -2.41. The van der Waals surface area contributed by atoms with Gasteiger partial charge in [-0.05, 0) is 58.6 Å². The monoisotopic (exact) mass is 504 g/mol. The standard InChI is InChI=1S/C19H19BrCl2N2O3S/c20-15-3-1-2-4-18(15)23-19(25)14-7-9-24(10-8-14)28(26,27)12-13-5-6-16(21)17(22)11-13/h1-6,11,14H,7-10,12H2,(H,23,25). The van der Waals surface area contributed by atoms with E-state index in [-0.39, 0.29) is 17.6 Å². The summed E-state index contributed by atoms with van der Waals surface area (Å²) in [6.07, 6.45) is 0.966. The van der Waals surface area contributed by atoms with Gasteiger partial charge in [-0.1, -0.05) is 41.4 Å². The summed E-state index contributed by atoms with van der Waals surface area (Å²) in [7, 11) is -3.49. The van der Waals surface area contributed by atoms with Crippen molar-refractivity contribution in [3.8, 4) is 0 Å². The van der Waals surface area contributed by atoms with E-state index in [1.807, 2.05) is 24.3 Å². The minimum Gasteiger partial charge on any atom is -0.325 e. The van der Waals surface area contributed by atoms with Crippen molar-refractivity contribution < 1.29 is 13.2 Å². The smallest absolute Gasteiger partial charge is 0.227 e. The molecule has 0 saturated carbocycles. The van der Waals surface area contributed by atoms with Crippen LogP contribution in [-0.2, 0) is 20.6 Å². The summed E-state index contributed by atoms with van der Waals surface area (Å²) in [5, 5.41) is 3.62. The molecular formula is C19H19BrCl2N2O3S. The van der Waals surface area contributed by atoms with E-state index in [2.05, 4.69) is 21.2 Å². The number of hydrogen-bond donors (Lipinski definition) is 1. The van der Waals surface area contributed by atoms with Crippen LogP contribution in [0.4, 0.5) is 5.69 Å². The van der Waals surface area contributed by atoms with Crippen molar-refractivity contribution in [2.24, 2.45) is 5.92 Å². The van der Waals surface area contributed by atoms with E-state index in [1.165, 1.54) is 4.31 Å². The number of nitrogens with zero attached hydrogens (tertiary/aromatic N) is 1. The van der Waals surface area contributed by atoms with Crippen LogP contribution in [0.3, 0.4) is 0 Å². The Labute approximate surface area is 183 Å². The van der Waals surface area contributed by atoms with Gasteiger partial charge in [0.15, 0.2) is 0 Å². The van der Waals surface area contributed by atoms with Crippen LogP contribution >= 0.6 is 39.1 Å². The summed E-state index contributed by atoms with van der Waals surface area (Å²) in [5.41, 5.74) is 1.30. The minimum absolute atomic E-state index is 0.0894. The lowest BCUT2D eigenvalue weighted by molar-refractivity contribution is -0.120. The highest BCUT2D eigenvalue weighted by Gasteiger charge is 2.31. The highest BCUT2D eigenvalue weighted by atomic mass is 79.9. The maximum absolute atomic E-state index is 12.7. The van der Waals surface area contributed by atoms with Gasteiger partial charge >= 0.3 is 0 Å². The molecule has 0 atom stereocenters. The van der Waals surface area contributed by atoms with E-state index < -0.39 is 10.0 Å². The zero-order valence-electron chi connectivity index (χ0n) is 14.9. The summed E-state index contributed by atoms with van der Waals surface area (Å²) in [4.78, 5) is 12.5. The molecule has 28 heavy (non-hydrogen) atoms. The molecule has 1 N–H and O–H groups in total. The average molecular weight is 506 g/mol. The molecule has 1 amide bonds. The number of carbonyl (C=O) groups excluding carboxylic acids is 1. The number of rotatable bonds is 5. The molecule has 9 heteroatoms. The van der Waals surface area contributed by atoms with Gasteiger partial charge in [-0.15, -0.1) is 0 Å². The lowest BCUT2D eigenvalue weighted by Gasteiger charge is -2.30. The van der Waals surface area contributed by atoms with E-state index in [4.69, 9.17) is 23.2 Å².